The number of nitrogens with one attached hydrogen (secondary N) is 1. The van der Waals surface area contributed by atoms with Crippen molar-refractivity contribution in [2.75, 3.05) is 26.6 Å². The highest BCUT2D eigenvalue weighted by Crippen LogP contribution is 2.40. The topological polar surface area (TPSA) is 100 Å². The molecule has 154 valence electrons. The maximum Gasteiger partial charge on any atom is 0.274 e. The molecule has 9 nitrogen and oxygen atoms in total. The van der Waals surface area contributed by atoms with Gasteiger partial charge in [-0.3, -0.25) is 4.79 Å². The van der Waals surface area contributed by atoms with Crippen LogP contribution in [0.25, 0.3) is 17.1 Å². The zero-order valence-corrected chi connectivity index (χ0v) is 16.9. The van der Waals surface area contributed by atoms with Crippen LogP contribution in [0.1, 0.15) is 16.2 Å². The highest BCUT2D eigenvalue weighted by molar-refractivity contribution is 6.03. The van der Waals surface area contributed by atoms with Gasteiger partial charge < -0.3 is 23.9 Å². The van der Waals surface area contributed by atoms with Crippen molar-refractivity contribution in [3.05, 3.63) is 54.0 Å². The predicted octanol–water partition coefficient (Wildman–Crippen LogP) is 3.58. The van der Waals surface area contributed by atoms with Crippen molar-refractivity contribution in [3.8, 4) is 28.7 Å². The van der Waals surface area contributed by atoms with Crippen LogP contribution in [0.3, 0.4) is 0 Å². The number of nitrogens with zero attached hydrogens (tertiary/aromatic N) is 3. The lowest BCUT2D eigenvalue weighted by Crippen LogP contribution is -2.15. The first-order chi connectivity index (χ1) is 14.5. The van der Waals surface area contributed by atoms with E-state index in [2.05, 4.69) is 15.4 Å². The highest BCUT2D eigenvalue weighted by atomic mass is 16.5. The summed E-state index contributed by atoms with van der Waals surface area (Å²) in [6.07, 6.45) is 1.58. The molecule has 0 fully saturated rings. The number of amides is 1. The van der Waals surface area contributed by atoms with E-state index in [0.29, 0.717) is 40.0 Å². The molecule has 4 aromatic rings. The maximum absolute atomic E-state index is 12.9. The molecule has 9 heteroatoms. The molecule has 0 aliphatic rings. The van der Waals surface area contributed by atoms with Gasteiger partial charge in [-0.25, -0.2) is 9.50 Å². The van der Waals surface area contributed by atoms with Crippen LogP contribution in [0.4, 0.5) is 5.69 Å². The summed E-state index contributed by atoms with van der Waals surface area (Å²) >= 11 is 0. The molecule has 30 heavy (non-hydrogen) atoms. The van der Waals surface area contributed by atoms with Gasteiger partial charge in [0.05, 0.1) is 27.6 Å². The number of carbonyl (C=O) groups excluding carboxylic acids is 1. The van der Waals surface area contributed by atoms with E-state index in [0.717, 1.165) is 5.69 Å². The number of aryl methyl sites for hydroxylation is 1. The van der Waals surface area contributed by atoms with Crippen LogP contribution in [-0.4, -0.2) is 41.8 Å². The predicted molar refractivity (Wildman–Crippen MR) is 109 cm³/mol. The Morgan fingerprint density at radius 1 is 1.07 bits per heavy atom. The molecule has 0 bridgehead atoms. The number of methoxy groups -OCH3 is 3. The fourth-order valence-corrected chi connectivity index (χ4v) is 3.13. The Labute approximate surface area is 172 Å². The summed E-state index contributed by atoms with van der Waals surface area (Å²) in [5, 5.41) is 7.31. The molecule has 0 aliphatic carbocycles. The van der Waals surface area contributed by atoms with E-state index in [1.807, 2.05) is 13.0 Å². The zero-order chi connectivity index (χ0) is 21.3. The monoisotopic (exact) mass is 408 g/mol. The fourth-order valence-electron chi connectivity index (χ4n) is 3.13. The first-order valence-electron chi connectivity index (χ1n) is 9.06. The van der Waals surface area contributed by atoms with Crippen molar-refractivity contribution >= 4 is 17.2 Å². The summed E-state index contributed by atoms with van der Waals surface area (Å²) in [5.41, 5.74) is 2.67. The maximum atomic E-state index is 12.9. The van der Waals surface area contributed by atoms with Crippen molar-refractivity contribution < 1.29 is 23.4 Å². The van der Waals surface area contributed by atoms with Crippen molar-refractivity contribution in [3.63, 3.8) is 0 Å². The van der Waals surface area contributed by atoms with Gasteiger partial charge in [0.1, 0.15) is 11.4 Å². The van der Waals surface area contributed by atoms with Crippen LogP contribution in [-0.2, 0) is 0 Å². The molecule has 3 heterocycles. The van der Waals surface area contributed by atoms with Crippen LogP contribution in [0.15, 0.2) is 47.1 Å². The summed E-state index contributed by atoms with van der Waals surface area (Å²) in [5.74, 6) is 1.56. The molecule has 0 spiro atoms. The molecule has 3 aromatic heterocycles. The van der Waals surface area contributed by atoms with Crippen LogP contribution in [0.5, 0.6) is 17.2 Å². The fraction of sp³-hybridized carbons (Fsp3) is 0.190. The van der Waals surface area contributed by atoms with Crippen LogP contribution in [0.2, 0.25) is 0 Å². The number of hydrogen-bond acceptors (Lipinski definition) is 7. The Kier molecular flexibility index (Phi) is 5.01. The van der Waals surface area contributed by atoms with Gasteiger partial charge >= 0.3 is 0 Å². The van der Waals surface area contributed by atoms with E-state index < -0.39 is 0 Å². The Hall–Kier alpha value is -4.01. The van der Waals surface area contributed by atoms with Gasteiger partial charge in [-0.2, -0.15) is 5.10 Å². The van der Waals surface area contributed by atoms with Gasteiger partial charge in [-0.1, -0.05) is 0 Å². The lowest BCUT2D eigenvalue weighted by Gasteiger charge is -2.14. The lowest BCUT2D eigenvalue weighted by atomic mass is 10.2. The average molecular weight is 408 g/mol. The molecule has 0 aliphatic heterocycles. The number of carbonyl (C=O) groups is 1. The van der Waals surface area contributed by atoms with E-state index in [-0.39, 0.29) is 11.6 Å². The molecule has 1 aromatic carbocycles. The Balaban J connectivity index is 1.67. The SMILES string of the molecule is COc1cc(NC(=O)c2cc(C)n3nc(-c4ccco4)cc3n2)cc(OC)c1OC. The number of hydrogen-bond donors (Lipinski definition) is 1. The molecule has 0 saturated heterocycles. The standard InChI is InChI=1S/C21H20N4O5/c1-12-8-15(23-19-11-14(24-25(12)19)16-6-5-7-30-16)21(26)22-13-9-17(27-2)20(29-4)18(10-13)28-3/h5-11H,1-4H3,(H,22,26). The van der Waals surface area contributed by atoms with Gasteiger partial charge in [-0.05, 0) is 25.1 Å². The van der Waals surface area contributed by atoms with Crippen molar-refractivity contribution in [2.45, 2.75) is 6.92 Å². The lowest BCUT2D eigenvalue weighted by molar-refractivity contribution is 0.102. The molecule has 0 radical (unpaired) electrons. The molecular weight excluding hydrogens is 388 g/mol. The summed E-state index contributed by atoms with van der Waals surface area (Å²) in [7, 11) is 4.54. The third-order valence-electron chi connectivity index (χ3n) is 4.53. The van der Waals surface area contributed by atoms with E-state index >= 15 is 0 Å². The molecule has 1 amide bonds. The summed E-state index contributed by atoms with van der Waals surface area (Å²) in [6.45, 7) is 1.85. The van der Waals surface area contributed by atoms with E-state index in [4.69, 9.17) is 18.6 Å². The second kappa shape index (κ2) is 7.78. The van der Waals surface area contributed by atoms with Gasteiger partial charge in [0, 0.05) is 29.6 Å². The Bertz CT molecular complexity index is 1190. The van der Waals surface area contributed by atoms with Gasteiger partial charge in [-0.15, -0.1) is 0 Å². The quantitative estimate of drug-likeness (QED) is 0.520. The molecule has 0 atom stereocenters. The molecule has 1 N–H and O–H groups in total. The van der Waals surface area contributed by atoms with Gasteiger partial charge in [0.25, 0.3) is 5.91 Å². The van der Waals surface area contributed by atoms with Crippen molar-refractivity contribution in [1.29, 1.82) is 0 Å². The molecule has 0 saturated carbocycles. The zero-order valence-electron chi connectivity index (χ0n) is 16.9. The minimum absolute atomic E-state index is 0.250. The van der Waals surface area contributed by atoms with Crippen LogP contribution in [0, 0.1) is 6.92 Å². The minimum Gasteiger partial charge on any atom is -0.493 e. The second-order valence-electron chi connectivity index (χ2n) is 6.43. The third-order valence-corrected chi connectivity index (χ3v) is 4.53. The normalized spacial score (nSPS) is 10.8. The number of fused-ring (bicyclic) bond motifs is 1. The first-order valence-corrected chi connectivity index (χ1v) is 9.06. The van der Waals surface area contributed by atoms with Gasteiger partial charge in [0.2, 0.25) is 5.75 Å². The third kappa shape index (κ3) is 3.41. The smallest absolute Gasteiger partial charge is 0.274 e. The van der Waals surface area contributed by atoms with E-state index in [9.17, 15) is 4.79 Å². The van der Waals surface area contributed by atoms with E-state index in [1.165, 1.54) is 21.3 Å². The van der Waals surface area contributed by atoms with Crippen LogP contribution < -0.4 is 19.5 Å². The molecular formula is C21H20N4O5. The molecule has 4 rings (SSSR count). The Morgan fingerprint density at radius 3 is 2.40 bits per heavy atom. The second-order valence-corrected chi connectivity index (χ2v) is 6.43. The minimum atomic E-state index is -0.379. The number of aromatic nitrogens is 3. The highest BCUT2D eigenvalue weighted by Gasteiger charge is 2.17. The number of furan rings is 1. The van der Waals surface area contributed by atoms with Gasteiger partial charge in [0.15, 0.2) is 22.9 Å². The van der Waals surface area contributed by atoms with E-state index in [1.54, 1.807) is 41.1 Å². The molecule has 0 unspecified atom stereocenters. The Morgan fingerprint density at radius 2 is 1.80 bits per heavy atom. The van der Waals surface area contributed by atoms with Crippen molar-refractivity contribution in [2.24, 2.45) is 0 Å². The van der Waals surface area contributed by atoms with Crippen molar-refractivity contribution in [1.82, 2.24) is 14.6 Å². The number of benzene rings is 1. The largest absolute Gasteiger partial charge is 0.493 e. The number of anilines is 1. The first kappa shape index (κ1) is 19.3. The number of rotatable bonds is 6. The average Bonchev–Trinajstić information content (AvgIpc) is 3.42. The summed E-state index contributed by atoms with van der Waals surface area (Å²) < 4.78 is 23.0. The summed E-state index contributed by atoms with van der Waals surface area (Å²) in [4.78, 5) is 17.3. The summed E-state index contributed by atoms with van der Waals surface area (Å²) in [6, 6.07) is 10.3. The number of ether oxygens (including phenoxy) is 3. The van der Waals surface area contributed by atoms with Crippen LogP contribution >= 0.6 is 0 Å².